The summed E-state index contributed by atoms with van der Waals surface area (Å²) in [6.07, 6.45) is 0. The monoisotopic (exact) mass is 494 g/mol. The lowest BCUT2D eigenvalue weighted by Gasteiger charge is -2.11. The van der Waals surface area contributed by atoms with Crippen molar-refractivity contribution in [1.82, 2.24) is 14.8 Å². The minimum absolute atomic E-state index is 0.149. The van der Waals surface area contributed by atoms with Gasteiger partial charge in [-0.1, -0.05) is 41.1 Å². The molecular weight excluding hydrogens is 472 g/mol. The molecule has 1 aromatic heterocycles. The lowest BCUT2D eigenvalue weighted by atomic mass is 10.2. The number of halogens is 1. The van der Waals surface area contributed by atoms with Crippen molar-refractivity contribution in [2.75, 3.05) is 25.3 Å². The smallest absolute Gasteiger partial charge is 0.234 e. The Balaban J connectivity index is 1.57. The number of rotatable bonds is 8. The molecule has 0 bridgehead atoms. The molecule has 0 fully saturated rings. The largest absolute Gasteiger partial charge is 0.497 e. The van der Waals surface area contributed by atoms with Crippen molar-refractivity contribution < 1.29 is 14.3 Å². The van der Waals surface area contributed by atoms with Crippen LogP contribution in [0.3, 0.4) is 0 Å². The molecule has 4 rings (SSSR count). The Kier molecular flexibility index (Phi) is 7.40. The quantitative estimate of drug-likeness (QED) is 0.319. The van der Waals surface area contributed by atoms with E-state index in [1.807, 2.05) is 60.0 Å². The Hall–Kier alpha value is -3.49. The van der Waals surface area contributed by atoms with Crippen LogP contribution >= 0.6 is 23.4 Å². The predicted molar refractivity (Wildman–Crippen MR) is 135 cm³/mol. The summed E-state index contributed by atoms with van der Waals surface area (Å²) in [4.78, 5) is 12.6. The molecule has 0 saturated heterocycles. The van der Waals surface area contributed by atoms with Crippen LogP contribution in [0.4, 0.5) is 5.69 Å². The maximum absolute atomic E-state index is 12.6. The zero-order valence-corrected chi connectivity index (χ0v) is 20.5. The number of carbonyl (C=O) groups excluding carboxylic acids is 1. The van der Waals surface area contributed by atoms with E-state index in [1.54, 1.807) is 32.4 Å². The van der Waals surface area contributed by atoms with E-state index >= 15 is 0 Å². The van der Waals surface area contributed by atoms with Crippen molar-refractivity contribution >= 4 is 35.0 Å². The van der Waals surface area contributed by atoms with E-state index in [1.165, 1.54) is 11.8 Å². The molecule has 0 aliphatic carbocycles. The normalized spacial score (nSPS) is 10.7. The topological polar surface area (TPSA) is 78.3 Å². The van der Waals surface area contributed by atoms with Crippen molar-refractivity contribution in [2.45, 2.75) is 12.1 Å². The standard InChI is InChI=1S/C25H23ClN4O3S/c1-16-4-9-19(10-5-16)30-24(17-6-11-20(32-2)12-7-17)28-29-25(30)34-15-23(31)27-18-8-13-22(33-3)21(26)14-18/h4-14H,15H2,1-3H3,(H,27,31). The number of ether oxygens (including phenoxy) is 2. The minimum atomic E-state index is -0.185. The molecule has 0 unspecified atom stereocenters. The van der Waals surface area contributed by atoms with Gasteiger partial charge in [-0.3, -0.25) is 9.36 Å². The molecule has 3 aromatic carbocycles. The zero-order valence-electron chi connectivity index (χ0n) is 18.9. The fraction of sp³-hybridized carbons (Fsp3) is 0.160. The highest BCUT2D eigenvalue weighted by molar-refractivity contribution is 7.99. The summed E-state index contributed by atoms with van der Waals surface area (Å²) in [5, 5.41) is 12.7. The Morgan fingerprint density at radius 3 is 2.38 bits per heavy atom. The Labute approximate surface area is 207 Å². The number of hydrogen-bond acceptors (Lipinski definition) is 6. The van der Waals surface area contributed by atoms with Crippen LogP contribution in [0.2, 0.25) is 5.02 Å². The molecule has 1 N–H and O–H groups in total. The van der Waals surface area contributed by atoms with Gasteiger partial charge in [0.25, 0.3) is 0 Å². The van der Waals surface area contributed by atoms with Gasteiger partial charge in [0.1, 0.15) is 11.5 Å². The number of anilines is 1. The van der Waals surface area contributed by atoms with E-state index in [2.05, 4.69) is 15.5 Å². The van der Waals surface area contributed by atoms with E-state index in [9.17, 15) is 4.79 Å². The first-order chi connectivity index (χ1) is 16.5. The van der Waals surface area contributed by atoms with Gasteiger partial charge >= 0.3 is 0 Å². The first-order valence-electron chi connectivity index (χ1n) is 10.4. The maximum Gasteiger partial charge on any atom is 0.234 e. The van der Waals surface area contributed by atoms with Gasteiger partial charge in [0.2, 0.25) is 5.91 Å². The van der Waals surface area contributed by atoms with E-state index in [0.29, 0.717) is 27.4 Å². The van der Waals surface area contributed by atoms with Gasteiger partial charge in [-0.05, 0) is 61.5 Å². The summed E-state index contributed by atoms with van der Waals surface area (Å²) in [5.41, 5.74) is 3.54. The van der Waals surface area contributed by atoms with Crippen LogP contribution in [0.25, 0.3) is 17.1 Å². The van der Waals surface area contributed by atoms with E-state index < -0.39 is 0 Å². The fourth-order valence-electron chi connectivity index (χ4n) is 3.29. The molecule has 0 aliphatic heterocycles. The summed E-state index contributed by atoms with van der Waals surface area (Å²) >= 11 is 7.46. The molecule has 9 heteroatoms. The van der Waals surface area contributed by atoms with Crippen LogP contribution in [-0.4, -0.2) is 40.6 Å². The number of aromatic nitrogens is 3. The first-order valence-corrected chi connectivity index (χ1v) is 11.8. The highest BCUT2D eigenvalue weighted by Crippen LogP contribution is 2.30. The second-order valence-electron chi connectivity index (χ2n) is 7.39. The van der Waals surface area contributed by atoms with E-state index in [-0.39, 0.29) is 11.7 Å². The molecule has 1 amide bonds. The summed E-state index contributed by atoms with van der Waals surface area (Å²) < 4.78 is 12.4. The van der Waals surface area contributed by atoms with Crippen molar-refractivity contribution in [1.29, 1.82) is 0 Å². The van der Waals surface area contributed by atoms with Crippen LogP contribution in [-0.2, 0) is 4.79 Å². The molecule has 0 saturated carbocycles. The van der Waals surface area contributed by atoms with E-state index in [0.717, 1.165) is 22.6 Å². The average Bonchev–Trinajstić information content (AvgIpc) is 3.27. The van der Waals surface area contributed by atoms with Crippen molar-refractivity contribution in [3.05, 3.63) is 77.3 Å². The molecule has 174 valence electrons. The number of methoxy groups -OCH3 is 2. The van der Waals surface area contributed by atoms with Gasteiger partial charge < -0.3 is 14.8 Å². The second-order valence-corrected chi connectivity index (χ2v) is 8.74. The Morgan fingerprint density at radius 1 is 1.00 bits per heavy atom. The van der Waals surface area contributed by atoms with Crippen molar-refractivity contribution in [2.24, 2.45) is 0 Å². The van der Waals surface area contributed by atoms with Crippen molar-refractivity contribution in [3.8, 4) is 28.6 Å². The Bertz CT molecular complexity index is 1290. The molecule has 34 heavy (non-hydrogen) atoms. The third-order valence-electron chi connectivity index (χ3n) is 5.04. The summed E-state index contributed by atoms with van der Waals surface area (Å²) in [6.45, 7) is 2.03. The first kappa shape index (κ1) is 23.7. The highest BCUT2D eigenvalue weighted by atomic mass is 35.5. The highest BCUT2D eigenvalue weighted by Gasteiger charge is 2.18. The van der Waals surface area contributed by atoms with Gasteiger partial charge in [0.05, 0.1) is 25.0 Å². The zero-order chi connectivity index (χ0) is 24.1. The summed E-state index contributed by atoms with van der Waals surface area (Å²) in [7, 11) is 3.17. The lowest BCUT2D eigenvalue weighted by molar-refractivity contribution is -0.113. The molecule has 7 nitrogen and oxygen atoms in total. The molecule has 0 radical (unpaired) electrons. The molecule has 1 heterocycles. The molecule has 4 aromatic rings. The van der Waals surface area contributed by atoms with E-state index in [4.69, 9.17) is 21.1 Å². The third-order valence-corrected chi connectivity index (χ3v) is 6.27. The van der Waals surface area contributed by atoms with Crippen LogP contribution in [0.1, 0.15) is 5.56 Å². The van der Waals surface area contributed by atoms with Crippen molar-refractivity contribution in [3.63, 3.8) is 0 Å². The number of nitrogens with one attached hydrogen (secondary N) is 1. The third kappa shape index (κ3) is 5.35. The maximum atomic E-state index is 12.6. The Morgan fingerprint density at radius 2 is 1.74 bits per heavy atom. The molecule has 0 spiro atoms. The molecule has 0 aliphatic rings. The minimum Gasteiger partial charge on any atom is -0.497 e. The summed E-state index contributed by atoms with van der Waals surface area (Å²) in [5.74, 6) is 1.95. The van der Waals surface area contributed by atoms with Gasteiger partial charge in [0, 0.05) is 16.9 Å². The van der Waals surface area contributed by atoms with Crippen LogP contribution < -0.4 is 14.8 Å². The fourth-order valence-corrected chi connectivity index (χ4v) is 4.30. The average molecular weight is 495 g/mol. The van der Waals surface area contributed by atoms with Crippen LogP contribution in [0, 0.1) is 6.92 Å². The van der Waals surface area contributed by atoms with Crippen LogP contribution in [0.15, 0.2) is 71.9 Å². The van der Waals surface area contributed by atoms with Gasteiger partial charge in [-0.25, -0.2) is 0 Å². The number of thioether (sulfide) groups is 1. The SMILES string of the molecule is COc1ccc(-c2nnc(SCC(=O)Nc3ccc(OC)c(Cl)c3)n2-c2ccc(C)cc2)cc1. The molecular formula is C25H23ClN4O3S. The van der Waals surface area contributed by atoms with Gasteiger partial charge in [-0.2, -0.15) is 0 Å². The molecule has 0 atom stereocenters. The summed E-state index contributed by atoms with van der Waals surface area (Å²) in [6, 6.07) is 20.8. The number of hydrogen-bond donors (Lipinski definition) is 1. The van der Waals surface area contributed by atoms with Gasteiger partial charge in [-0.15, -0.1) is 10.2 Å². The predicted octanol–water partition coefficient (Wildman–Crippen LogP) is 5.64. The number of benzene rings is 3. The van der Waals surface area contributed by atoms with Crippen LogP contribution in [0.5, 0.6) is 11.5 Å². The lowest BCUT2D eigenvalue weighted by Crippen LogP contribution is -2.14. The number of aryl methyl sites for hydroxylation is 1. The van der Waals surface area contributed by atoms with Gasteiger partial charge in [0.15, 0.2) is 11.0 Å². The number of carbonyl (C=O) groups is 1. The second kappa shape index (κ2) is 10.6. The number of nitrogens with zero attached hydrogens (tertiary/aromatic N) is 3. The number of amides is 1.